The fraction of sp³-hybridized carbons (Fsp3) is 0.900. The molecule has 0 spiro atoms. The van der Waals surface area contributed by atoms with Crippen molar-refractivity contribution in [1.82, 2.24) is 0 Å². The molecule has 0 bridgehead atoms. The Morgan fingerprint density at radius 2 is 0.880 bits per heavy atom. The quantitative estimate of drug-likeness (QED) is 0.185. The van der Waals surface area contributed by atoms with Gasteiger partial charge in [-0.2, -0.15) is 0 Å². The standard InChI is InChI=1S/C20H38O4Te/c1-3-5-7-9-11-13-15-17-19(21)23-25-24-20(22)18-16-14-12-10-8-6-4-2/h3-18H2,1-2H3. The van der Waals surface area contributed by atoms with Crippen LogP contribution in [0, 0.1) is 0 Å². The van der Waals surface area contributed by atoms with E-state index in [1.165, 1.54) is 64.2 Å². The molecular weight excluding hydrogens is 432 g/mol. The van der Waals surface area contributed by atoms with Gasteiger partial charge in [0.25, 0.3) is 0 Å². The number of carbonyl (C=O) groups is 2. The summed E-state index contributed by atoms with van der Waals surface area (Å²) in [5.41, 5.74) is 0. The zero-order valence-corrected chi connectivity index (χ0v) is 18.7. The molecule has 0 aliphatic rings. The van der Waals surface area contributed by atoms with Crippen LogP contribution in [0.2, 0.25) is 0 Å². The van der Waals surface area contributed by atoms with Crippen molar-refractivity contribution in [3.63, 3.8) is 0 Å². The van der Waals surface area contributed by atoms with E-state index in [1.807, 2.05) is 0 Å². The molecule has 0 N–H and O–H groups in total. The fourth-order valence-corrected chi connectivity index (χ4v) is 3.64. The molecule has 148 valence electrons. The summed E-state index contributed by atoms with van der Waals surface area (Å²) in [5.74, 6) is -0.417. The molecule has 5 heteroatoms. The zero-order chi connectivity index (χ0) is 18.6. The average Bonchev–Trinajstić information content (AvgIpc) is 2.60. The van der Waals surface area contributed by atoms with Gasteiger partial charge in [-0.3, -0.25) is 0 Å². The van der Waals surface area contributed by atoms with Crippen LogP contribution in [0.15, 0.2) is 0 Å². The van der Waals surface area contributed by atoms with Crippen LogP contribution in [0.25, 0.3) is 0 Å². The van der Waals surface area contributed by atoms with Crippen molar-refractivity contribution in [3.8, 4) is 0 Å². The van der Waals surface area contributed by atoms with Crippen LogP contribution < -0.4 is 0 Å². The zero-order valence-electron chi connectivity index (χ0n) is 16.4. The van der Waals surface area contributed by atoms with Crippen LogP contribution in [-0.4, -0.2) is 33.7 Å². The Morgan fingerprint density at radius 1 is 0.560 bits per heavy atom. The molecule has 0 aromatic heterocycles. The molecule has 0 aromatic carbocycles. The molecular formula is C20H38O4Te. The van der Waals surface area contributed by atoms with Gasteiger partial charge in [-0.25, -0.2) is 0 Å². The van der Waals surface area contributed by atoms with E-state index in [1.54, 1.807) is 0 Å². The van der Waals surface area contributed by atoms with Crippen LogP contribution in [0.5, 0.6) is 0 Å². The van der Waals surface area contributed by atoms with Crippen molar-refractivity contribution in [1.29, 1.82) is 0 Å². The molecule has 25 heavy (non-hydrogen) atoms. The molecule has 0 atom stereocenters. The fourth-order valence-electron chi connectivity index (χ4n) is 2.63. The van der Waals surface area contributed by atoms with Gasteiger partial charge < -0.3 is 0 Å². The molecule has 0 saturated heterocycles. The van der Waals surface area contributed by atoms with Crippen LogP contribution in [0.4, 0.5) is 0 Å². The second-order valence-corrected chi connectivity index (χ2v) is 8.06. The summed E-state index contributed by atoms with van der Waals surface area (Å²) in [5, 5.41) is 0. The van der Waals surface area contributed by atoms with Gasteiger partial charge >= 0.3 is 166 Å². The van der Waals surface area contributed by atoms with E-state index in [0.717, 1.165) is 25.7 Å². The van der Waals surface area contributed by atoms with Gasteiger partial charge in [0.2, 0.25) is 0 Å². The Kier molecular flexibility index (Phi) is 19.8. The molecule has 0 rings (SSSR count). The van der Waals surface area contributed by atoms with Crippen LogP contribution in [0.1, 0.15) is 117 Å². The summed E-state index contributed by atoms with van der Waals surface area (Å²) in [4.78, 5) is 23.1. The molecule has 0 fully saturated rings. The Hall–Kier alpha value is -0.270. The van der Waals surface area contributed by atoms with E-state index in [4.69, 9.17) is 6.20 Å². The first-order valence-electron chi connectivity index (χ1n) is 10.3. The third-order valence-electron chi connectivity index (χ3n) is 4.22. The Bertz CT molecular complexity index is 291. The minimum absolute atomic E-state index is 0.209. The van der Waals surface area contributed by atoms with Crippen LogP contribution >= 0.6 is 0 Å². The molecule has 0 aliphatic heterocycles. The third kappa shape index (κ3) is 19.9. The molecule has 0 aromatic rings. The van der Waals surface area contributed by atoms with E-state index in [2.05, 4.69) is 13.8 Å². The minimum atomic E-state index is -1.40. The summed E-state index contributed by atoms with van der Waals surface area (Å²) in [6.07, 6.45) is 17.4. The van der Waals surface area contributed by atoms with Gasteiger partial charge in [-0.1, -0.05) is 0 Å². The van der Waals surface area contributed by atoms with E-state index in [0.29, 0.717) is 12.8 Å². The number of rotatable bonds is 18. The average molecular weight is 470 g/mol. The Balaban J connectivity index is 3.32. The number of hydrogen-bond donors (Lipinski definition) is 0. The van der Waals surface area contributed by atoms with E-state index >= 15 is 0 Å². The van der Waals surface area contributed by atoms with Gasteiger partial charge in [0.15, 0.2) is 0 Å². The summed E-state index contributed by atoms with van der Waals surface area (Å²) in [6.45, 7) is 4.42. The van der Waals surface area contributed by atoms with Gasteiger partial charge in [0.1, 0.15) is 0 Å². The van der Waals surface area contributed by atoms with Gasteiger partial charge in [0, 0.05) is 0 Å². The molecule has 0 amide bonds. The molecule has 0 saturated carbocycles. The molecule has 4 nitrogen and oxygen atoms in total. The first kappa shape index (κ1) is 24.7. The first-order chi connectivity index (χ1) is 12.2. The Labute approximate surface area is 166 Å². The molecule has 0 heterocycles. The normalized spacial score (nSPS) is 10.6. The van der Waals surface area contributed by atoms with Crippen molar-refractivity contribution in [2.75, 3.05) is 0 Å². The topological polar surface area (TPSA) is 52.6 Å². The SMILES string of the molecule is CCCCCCCCCC(=O)O[Te]OC(=O)CCCCCCCCC. The predicted octanol–water partition coefficient (Wildman–Crippen LogP) is 5.89. The van der Waals surface area contributed by atoms with Crippen LogP contribution in [-0.2, 0) is 15.8 Å². The van der Waals surface area contributed by atoms with E-state index in [-0.39, 0.29) is 11.9 Å². The van der Waals surface area contributed by atoms with Gasteiger partial charge in [0.05, 0.1) is 0 Å². The van der Waals surface area contributed by atoms with Gasteiger partial charge in [-0.15, -0.1) is 0 Å². The molecule has 0 aliphatic carbocycles. The molecule has 0 unspecified atom stereocenters. The third-order valence-corrected chi connectivity index (χ3v) is 5.67. The summed E-state index contributed by atoms with van der Waals surface area (Å²) in [7, 11) is 0. The number of carbonyl (C=O) groups excluding carboxylic acids is 2. The monoisotopic (exact) mass is 472 g/mol. The van der Waals surface area contributed by atoms with E-state index < -0.39 is 21.7 Å². The first-order valence-corrected chi connectivity index (χ1v) is 12.2. The van der Waals surface area contributed by atoms with E-state index in [9.17, 15) is 9.59 Å². The maximum atomic E-state index is 11.6. The second-order valence-electron chi connectivity index (χ2n) is 6.72. The summed E-state index contributed by atoms with van der Waals surface area (Å²) < 4.78 is 10.2. The molecule has 0 radical (unpaired) electrons. The van der Waals surface area contributed by atoms with Gasteiger partial charge in [-0.05, 0) is 0 Å². The van der Waals surface area contributed by atoms with Crippen LogP contribution in [0.3, 0.4) is 0 Å². The van der Waals surface area contributed by atoms with Crippen molar-refractivity contribution in [2.24, 2.45) is 0 Å². The second kappa shape index (κ2) is 20.0. The predicted molar refractivity (Wildman–Crippen MR) is 103 cm³/mol. The maximum absolute atomic E-state index is 11.6. The summed E-state index contributed by atoms with van der Waals surface area (Å²) >= 11 is -1.40. The number of unbranched alkanes of at least 4 members (excludes halogenated alkanes) is 12. The van der Waals surface area contributed by atoms with Crippen molar-refractivity contribution < 1.29 is 15.8 Å². The van der Waals surface area contributed by atoms with Crippen molar-refractivity contribution in [3.05, 3.63) is 0 Å². The van der Waals surface area contributed by atoms with Crippen molar-refractivity contribution in [2.45, 2.75) is 117 Å². The Morgan fingerprint density at radius 3 is 1.24 bits per heavy atom. The van der Waals surface area contributed by atoms with Crippen molar-refractivity contribution >= 4 is 33.7 Å². The number of hydrogen-bond acceptors (Lipinski definition) is 4. The summed E-state index contributed by atoms with van der Waals surface area (Å²) in [6, 6.07) is 0.